The average Bonchev–Trinajstić information content (AvgIpc) is 3.17. The summed E-state index contributed by atoms with van der Waals surface area (Å²) in [5, 5.41) is 11.5. The Morgan fingerprint density at radius 2 is 1.23 bits per heavy atom. The maximum Gasteiger partial charge on any atom is 0.366 e. The number of nitro groups is 1. The molecule has 5 aromatic carbocycles. The minimum Gasteiger partial charge on any atom is -0.456 e. The highest BCUT2D eigenvalue weighted by atomic mass is 32.2. The number of amides is 1. The molecule has 0 N–H and O–H groups in total. The summed E-state index contributed by atoms with van der Waals surface area (Å²) < 4.78 is 18.0. The van der Waals surface area contributed by atoms with Crippen molar-refractivity contribution in [3.63, 3.8) is 0 Å². The Kier molecular flexibility index (Phi) is 10.9. The number of hydrogen-bond acceptors (Lipinski definition) is 10. The fourth-order valence-corrected chi connectivity index (χ4v) is 11.6. The molecule has 0 bridgehead atoms. The quantitative estimate of drug-likeness (QED) is 0.0398. The van der Waals surface area contributed by atoms with Crippen LogP contribution >= 0.6 is 18.6 Å². The molecular formula is C40H33N2O9PS. The second-order valence-electron chi connectivity index (χ2n) is 11.8. The van der Waals surface area contributed by atoms with E-state index in [-0.39, 0.29) is 23.5 Å². The van der Waals surface area contributed by atoms with Crippen LogP contribution in [0.1, 0.15) is 19.4 Å². The average molecular weight is 749 g/mol. The van der Waals surface area contributed by atoms with Gasteiger partial charge in [0.1, 0.15) is 17.8 Å². The highest BCUT2D eigenvalue weighted by Gasteiger charge is 2.70. The van der Waals surface area contributed by atoms with Crippen LogP contribution in [0.15, 0.2) is 146 Å². The van der Waals surface area contributed by atoms with Crippen LogP contribution in [0.2, 0.25) is 0 Å². The van der Waals surface area contributed by atoms with Gasteiger partial charge in [-0.3, -0.25) is 29.4 Å². The molecule has 11 nitrogen and oxygen atoms in total. The molecule has 0 aromatic heterocycles. The summed E-state index contributed by atoms with van der Waals surface area (Å²) in [4.78, 5) is 67.8. The molecule has 1 heterocycles. The molecule has 5 aromatic rings. The van der Waals surface area contributed by atoms with Crippen LogP contribution in [0.5, 0.6) is 5.75 Å². The van der Waals surface area contributed by atoms with Crippen LogP contribution in [-0.2, 0) is 35.3 Å². The molecule has 1 aliphatic rings. The molecule has 1 aliphatic heterocycles. The van der Waals surface area contributed by atoms with Gasteiger partial charge in [0.2, 0.25) is 0 Å². The lowest BCUT2D eigenvalue weighted by Crippen LogP contribution is -2.79. The normalized spacial score (nSPS) is 16.5. The van der Waals surface area contributed by atoms with Gasteiger partial charge in [0, 0.05) is 32.9 Å². The second kappa shape index (κ2) is 15.7. The van der Waals surface area contributed by atoms with E-state index in [2.05, 4.69) is 0 Å². The van der Waals surface area contributed by atoms with E-state index >= 15 is 9.59 Å². The highest BCUT2D eigenvalue weighted by Crippen LogP contribution is 2.52. The van der Waals surface area contributed by atoms with Crippen molar-refractivity contribution in [1.82, 2.24) is 4.90 Å². The third-order valence-corrected chi connectivity index (χ3v) is 13.7. The van der Waals surface area contributed by atoms with Gasteiger partial charge in [-0.2, -0.15) is 0 Å². The summed E-state index contributed by atoms with van der Waals surface area (Å²) in [7, 11) is 0. The van der Waals surface area contributed by atoms with Gasteiger partial charge in [-0.05, 0) is 45.7 Å². The minimum absolute atomic E-state index is 0.0915. The first-order valence-electron chi connectivity index (χ1n) is 16.4. The van der Waals surface area contributed by atoms with Crippen LogP contribution in [0.3, 0.4) is 0 Å². The molecule has 0 aliphatic carbocycles. The van der Waals surface area contributed by atoms with Crippen LogP contribution in [0.4, 0.5) is 5.69 Å². The molecule has 6 rings (SSSR count). The van der Waals surface area contributed by atoms with Crippen molar-refractivity contribution in [3.05, 3.63) is 161 Å². The van der Waals surface area contributed by atoms with Gasteiger partial charge in [-0.1, -0.05) is 121 Å². The van der Waals surface area contributed by atoms with Gasteiger partial charge in [-0.15, -0.1) is 0 Å². The Labute approximate surface area is 309 Å². The van der Waals surface area contributed by atoms with Crippen LogP contribution in [0.25, 0.3) is 0 Å². The number of rotatable bonds is 12. The maximum atomic E-state index is 15.1. The number of likely N-dealkylation sites (tertiary alicyclic amines) is 1. The number of nitro benzene ring substituents is 1. The van der Waals surface area contributed by atoms with Gasteiger partial charge < -0.3 is 14.2 Å². The van der Waals surface area contributed by atoms with E-state index in [0.29, 0.717) is 33.2 Å². The first-order chi connectivity index (χ1) is 25.6. The van der Waals surface area contributed by atoms with E-state index in [0.717, 1.165) is 6.92 Å². The van der Waals surface area contributed by atoms with Crippen molar-refractivity contribution in [3.8, 4) is 5.75 Å². The van der Waals surface area contributed by atoms with Crippen molar-refractivity contribution < 1.29 is 38.3 Å². The molecule has 1 saturated heterocycles. The zero-order valence-corrected chi connectivity index (χ0v) is 30.3. The monoisotopic (exact) mass is 748 g/mol. The third kappa shape index (κ3) is 7.24. The molecule has 1 amide bonds. The smallest absolute Gasteiger partial charge is 0.366 e. The Morgan fingerprint density at radius 1 is 0.755 bits per heavy atom. The number of β-lactam (4-membered cyclic amide) rings is 1. The second-order valence-corrected chi connectivity index (χ2v) is 16.4. The predicted molar refractivity (Wildman–Crippen MR) is 204 cm³/mol. The first-order valence-corrected chi connectivity index (χ1v) is 19.0. The topological polar surface area (TPSA) is 142 Å². The van der Waals surface area contributed by atoms with Crippen LogP contribution in [0, 0.1) is 10.1 Å². The zero-order chi connectivity index (χ0) is 37.6. The SMILES string of the molecule is CC(=O)O[C@@]1(Oc2ccccc2)C(=O)N(C(C(=O)OCc2ccc([N+](=O)[O-])cc2)=P(c2ccccc2)(c2ccccc2)c2ccccc2)[C@@H]1SC(C)=O. The van der Waals surface area contributed by atoms with Crippen molar-refractivity contribution in [2.24, 2.45) is 0 Å². The van der Waals surface area contributed by atoms with Gasteiger partial charge in [0.25, 0.3) is 5.69 Å². The van der Waals surface area contributed by atoms with E-state index < -0.39 is 45.9 Å². The van der Waals surface area contributed by atoms with E-state index in [4.69, 9.17) is 14.2 Å². The van der Waals surface area contributed by atoms with E-state index in [1.54, 1.807) is 30.3 Å². The lowest BCUT2D eigenvalue weighted by Gasteiger charge is -2.53. The van der Waals surface area contributed by atoms with Gasteiger partial charge in [0.05, 0.1) is 4.92 Å². The Hall–Kier alpha value is -5.97. The molecule has 0 unspecified atom stereocenters. The van der Waals surface area contributed by atoms with Crippen LogP contribution < -0.4 is 20.7 Å². The first kappa shape index (κ1) is 36.8. The lowest BCUT2D eigenvalue weighted by atomic mass is 10.1. The minimum atomic E-state index is -3.44. The number of ether oxygens (including phenoxy) is 3. The molecule has 0 spiro atoms. The summed E-state index contributed by atoms with van der Waals surface area (Å²) in [5.74, 6) is -4.79. The Balaban J connectivity index is 1.67. The number of para-hydroxylation sites is 1. The molecule has 0 saturated carbocycles. The molecular weight excluding hydrogens is 715 g/mol. The molecule has 268 valence electrons. The number of benzene rings is 5. The maximum absolute atomic E-state index is 15.1. The summed E-state index contributed by atoms with van der Waals surface area (Å²) in [5.41, 5.74) is 0.230. The van der Waals surface area contributed by atoms with Crippen LogP contribution in [-0.4, -0.2) is 49.4 Å². The standard InChI is InChI=1S/C40H33N2O9PS/c1-28(43)50-40(51-32-15-7-3-8-16-32)38(46)41(39(40)53-29(2)44)36(37(45)49-27-30-23-25-31(26-24-30)42(47)48)52(33-17-9-4-10-18-33,34-19-11-5-12-20-34)35-21-13-6-14-22-35/h3-26,39H,27H2,1-2H3/t39-,40-/m1/s1. The molecule has 0 radical (unpaired) electrons. The largest absolute Gasteiger partial charge is 0.456 e. The highest BCUT2D eigenvalue weighted by molar-refractivity contribution is 8.14. The van der Waals surface area contributed by atoms with Gasteiger partial charge in [0.15, 0.2) is 10.5 Å². The van der Waals surface area contributed by atoms with Gasteiger partial charge >= 0.3 is 23.6 Å². The fraction of sp³-hybridized carbons (Fsp3) is 0.125. The number of hydrogen-bond donors (Lipinski definition) is 0. The number of non-ortho nitro benzene ring substituents is 1. The van der Waals surface area contributed by atoms with Crippen molar-refractivity contribution in [2.75, 3.05) is 0 Å². The zero-order valence-electron chi connectivity index (χ0n) is 28.6. The van der Waals surface area contributed by atoms with E-state index in [1.807, 2.05) is 91.0 Å². The Morgan fingerprint density at radius 3 is 1.66 bits per heavy atom. The number of carbonyl (C=O) groups excluding carboxylic acids is 4. The summed E-state index contributed by atoms with van der Waals surface area (Å²) in [6.07, 6.45) is 0. The van der Waals surface area contributed by atoms with Crippen molar-refractivity contribution >= 4 is 68.6 Å². The fourth-order valence-electron chi connectivity index (χ4n) is 6.16. The Bertz CT molecular complexity index is 2100. The van der Waals surface area contributed by atoms with Gasteiger partial charge in [-0.25, -0.2) is 4.79 Å². The molecule has 1 fully saturated rings. The summed E-state index contributed by atoms with van der Waals surface area (Å²) >= 11 is 0.677. The van der Waals surface area contributed by atoms with Crippen molar-refractivity contribution in [2.45, 2.75) is 31.6 Å². The summed E-state index contributed by atoms with van der Waals surface area (Å²) in [6, 6.07) is 41.5. The molecule has 13 heteroatoms. The molecule has 2 atom stereocenters. The number of nitrogens with zero attached hydrogens (tertiary/aromatic N) is 2. The molecule has 53 heavy (non-hydrogen) atoms. The third-order valence-electron chi connectivity index (χ3n) is 8.34. The predicted octanol–water partition coefficient (Wildman–Crippen LogP) is 5.55. The number of esters is 2. The summed E-state index contributed by atoms with van der Waals surface area (Å²) in [6.45, 7) is -1.32. The van der Waals surface area contributed by atoms with E-state index in [9.17, 15) is 19.7 Å². The number of carbonyl (C=O) groups is 4. The lowest BCUT2D eigenvalue weighted by molar-refractivity contribution is -0.384. The van der Waals surface area contributed by atoms with Crippen molar-refractivity contribution in [1.29, 1.82) is 0 Å². The van der Waals surface area contributed by atoms with E-state index in [1.165, 1.54) is 36.1 Å². The number of thioether (sulfide) groups is 1.